The summed E-state index contributed by atoms with van der Waals surface area (Å²) in [5.41, 5.74) is 3.98. The van der Waals surface area contributed by atoms with Crippen LogP contribution < -0.4 is 11.3 Å². The fourth-order valence-corrected chi connectivity index (χ4v) is 5.61. The van der Waals surface area contributed by atoms with Gasteiger partial charge in [-0.3, -0.25) is 11.3 Å². The maximum Gasteiger partial charge on any atom is 0.150 e. The number of nitrogens with zero attached hydrogens (tertiary/aromatic N) is 1. The Balaban J connectivity index is 1.95. The summed E-state index contributed by atoms with van der Waals surface area (Å²) in [6.07, 6.45) is 2.31. The molecule has 1 aromatic rings. The van der Waals surface area contributed by atoms with Crippen molar-refractivity contribution < 1.29 is 8.42 Å². The van der Waals surface area contributed by atoms with Crippen LogP contribution in [0.4, 0.5) is 0 Å². The normalized spacial score (nSPS) is 23.3. The minimum Gasteiger partial charge on any atom is -0.271 e. The number of hydrazine groups is 1. The average molecular weight is 332 g/mol. The second kappa shape index (κ2) is 6.32. The number of nitrogens with two attached hydrogens (primary N) is 1. The zero-order chi connectivity index (χ0) is 15.7. The number of hydrogen-bond donors (Lipinski definition) is 2. The lowest BCUT2D eigenvalue weighted by Crippen LogP contribution is -2.38. The number of rotatable bonds is 5. The molecule has 3 N–H and O–H groups in total. The van der Waals surface area contributed by atoms with E-state index in [1.807, 2.05) is 0 Å². The standard InChI is InChI=1S/C14H25N3O2S2/c1-14(2,3)12-8-20-13(16-12)7-11(17-15)6-10-4-5-21(18,19)9-10/h8,10-11,17H,4-7,9,15H2,1-3H3. The molecule has 5 nitrogen and oxygen atoms in total. The van der Waals surface area contributed by atoms with Crippen LogP contribution in [0.5, 0.6) is 0 Å². The quantitative estimate of drug-likeness (QED) is 0.633. The van der Waals surface area contributed by atoms with Gasteiger partial charge >= 0.3 is 0 Å². The van der Waals surface area contributed by atoms with Gasteiger partial charge in [0.15, 0.2) is 9.84 Å². The molecule has 1 fully saturated rings. The summed E-state index contributed by atoms with van der Waals surface area (Å²) in [4.78, 5) is 4.68. The van der Waals surface area contributed by atoms with Crippen molar-refractivity contribution in [2.45, 2.75) is 51.5 Å². The summed E-state index contributed by atoms with van der Waals surface area (Å²) in [7, 11) is -2.82. The summed E-state index contributed by atoms with van der Waals surface area (Å²) in [6.45, 7) is 6.44. The van der Waals surface area contributed by atoms with Crippen LogP contribution in [0, 0.1) is 5.92 Å². The minimum atomic E-state index is -2.82. The third-order valence-corrected chi connectivity index (χ3v) is 6.63. The minimum absolute atomic E-state index is 0.0555. The molecule has 1 aromatic heterocycles. The summed E-state index contributed by atoms with van der Waals surface area (Å²) in [6, 6.07) is 0.0854. The Kier molecular flexibility index (Phi) is 5.07. The van der Waals surface area contributed by atoms with Gasteiger partial charge in [0.2, 0.25) is 0 Å². The number of aromatic nitrogens is 1. The van der Waals surface area contributed by atoms with E-state index in [0.29, 0.717) is 11.5 Å². The van der Waals surface area contributed by atoms with E-state index >= 15 is 0 Å². The first-order chi connectivity index (χ1) is 9.69. The zero-order valence-corrected chi connectivity index (χ0v) is 14.6. The van der Waals surface area contributed by atoms with Crippen LogP contribution in [0.3, 0.4) is 0 Å². The number of hydrogen-bond acceptors (Lipinski definition) is 6. The first-order valence-corrected chi connectivity index (χ1v) is 10.0. The predicted octanol–water partition coefficient (Wildman–Crippen LogP) is 1.64. The van der Waals surface area contributed by atoms with Crippen LogP contribution in [0.2, 0.25) is 0 Å². The molecule has 1 saturated heterocycles. The van der Waals surface area contributed by atoms with Crippen molar-refractivity contribution in [2.75, 3.05) is 11.5 Å². The van der Waals surface area contributed by atoms with E-state index in [1.54, 1.807) is 11.3 Å². The van der Waals surface area contributed by atoms with Gasteiger partial charge in [0.05, 0.1) is 22.2 Å². The highest BCUT2D eigenvalue weighted by atomic mass is 32.2. The lowest BCUT2D eigenvalue weighted by molar-refractivity contribution is 0.407. The SMILES string of the molecule is CC(C)(C)c1csc(CC(CC2CCS(=O)(=O)C2)NN)n1. The van der Waals surface area contributed by atoms with Gasteiger partial charge in [-0.2, -0.15) is 0 Å². The van der Waals surface area contributed by atoms with Crippen molar-refractivity contribution in [1.29, 1.82) is 0 Å². The van der Waals surface area contributed by atoms with Gasteiger partial charge in [0.1, 0.15) is 0 Å². The van der Waals surface area contributed by atoms with E-state index in [9.17, 15) is 8.42 Å². The predicted molar refractivity (Wildman–Crippen MR) is 87.0 cm³/mol. The van der Waals surface area contributed by atoms with Gasteiger partial charge in [0.25, 0.3) is 0 Å². The first kappa shape index (κ1) is 16.9. The zero-order valence-electron chi connectivity index (χ0n) is 12.9. The Bertz CT molecular complexity index is 575. The van der Waals surface area contributed by atoms with Crippen molar-refractivity contribution in [3.05, 3.63) is 16.1 Å². The van der Waals surface area contributed by atoms with Crippen molar-refractivity contribution in [3.8, 4) is 0 Å². The van der Waals surface area contributed by atoms with Crippen molar-refractivity contribution in [3.63, 3.8) is 0 Å². The molecule has 21 heavy (non-hydrogen) atoms. The molecule has 2 rings (SSSR count). The van der Waals surface area contributed by atoms with Gasteiger partial charge in [-0.25, -0.2) is 13.4 Å². The number of nitrogens with one attached hydrogen (secondary N) is 1. The molecule has 7 heteroatoms. The second-order valence-corrected chi connectivity index (χ2v) is 10.1. The molecule has 1 aliphatic heterocycles. The Morgan fingerprint density at radius 2 is 2.24 bits per heavy atom. The van der Waals surface area contributed by atoms with Crippen LogP contribution >= 0.6 is 11.3 Å². The van der Waals surface area contributed by atoms with Crippen molar-refractivity contribution in [1.82, 2.24) is 10.4 Å². The summed E-state index contributed by atoms with van der Waals surface area (Å²) < 4.78 is 23.0. The Morgan fingerprint density at radius 1 is 1.52 bits per heavy atom. The van der Waals surface area contributed by atoms with Crippen LogP contribution in [0.15, 0.2) is 5.38 Å². The molecule has 0 aromatic carbocycles. The molecule has 2 heterocycles. The summed E-state index contributed by atoms with van der Waals surface area (Å²) in [5, 5.41) is 3.16. The maximum atomic E-state index is 11.5. The van der Waals surface area contributed by atoms with E-state index in [2.05, 4.69) is 36.6 Å². The lowest BCUT2D eigenvalue weighted by atomic mass is 9.93. The van der Waals surface area contributed by atoms with E-state index < -0.39 is 9.84 Å². The Morgan fingerprint density at radius 3 is 2.71 bits per heavy atom. The van der Waals surface area contributed by atoms with Crippen LogP contribution in [0.1, 0.15) is 44.3 Å². The first-order valence-electron chi connectivity index (χ1n) is 7.31. The molecule has 0 radical (unpaired) electrons. The maximum absolute atomic E-state index is 11.5. The number of thiazole rings is 1. The molecule has 2 atom stereocenters. The molecule has 2 unspecified atom stereocenters. The van der Waals surface area contributed by atoms with Crippen LogP contribution in [-0.4, -0.2) is 30.9 Å². The highest BCUT2D eigenvalue weighted by Gasteiger charge is 2.30. The monoisotopic (exact) mass is 331 g/mol. The van der Waals surface area contributed by atoms with Crippen molar-refractivity contribution in [2.24, 2.45) is 11.8 Å². The summed E-state index contributed by atoms with van der Waals surface area (Å²) in [5.74, 6) is 6.48. The molecule has 0 bridgehead atoms. The second-order valence-electron chi connectivity index (χ2n) is 6.95. The molecule has 120 valence electrons. The smallest absolute Gasteiger partial charge is 0.150 e. The Labute approximate surface area is 131 Å². The Hall–Kier alpha value is -0.500. The van der Waals surface area contributed by atoms with Gasteiger partial charge in [-0.1, -0.05) is 20.8 Å². The van der Waals surface area contributed by atoms with Crippen LogP contribution in [0.25, 0.3) is 0 Å². The highest BCUT2D eigenvalue weighted by Crippen LogP contribution is 2.27. The third kappa shape index (κ3) is 4.74. The fraction of sp³-hybridized carbons (Fsp3) is 0.786. The topological polar surface area (TPSA) is 85.1 Å². The van der Waals surface area contributed by atoms with Crippen LogP contribution in [-0.2, 0) is 21.7 Å². The van der Waals surface area contributed by atoms with E-state index in [4.69, 9.17) is 5.84 Å². The molecule has 1 aliphatic rings. The van der Waals surface area contributed by atoms with E-state index in [0.717, 1.165) is 30.0 Å². The molecule has 0 aliphatic carbocycles. The largest absolute Gasteiger partial charge is 0.271 e. The molecule has 0 spiro atoms. The molecule has 0 saturated carbocycles. The average Bonchev–Trinajstić information content (AvgIpc) is 2.95. The van der Waals surface area contributed by atoms with Crippen molar-refractivity contribution >= 4 is 21.2 Å². The third-order valence-electron chi connectivity index (χ3n) is 3.92. The summed E-state index contributed by atoms with van der Waals surface area (Å²) >= 11 is 1.65. The van der Waals surface area contributed by atoms with Gasteiger partial charge < -0.3 is 0 Å². The lowest BCUT2D eigenvalue weighted by Gasteiger charge is -2.18. The highest BCUT2D eigenvalue weighted by molar-refractivity contribution is 7.91. The van der Waals surface area contributed by atoms with Gasteiger partial charge in [-0.05, 0) is 18.8 Å². The van der Waals surface area contributed by atoms with E-state index in [1.165, 1.54) is 0 Å². The van der Waals surface area contributed by atoms with Gasteiger partial charge in [0, 0.05) is 23.3 Å². The van der Waals surface area contributed by atoms with Gasteiger partial charge in [-0.15, -0.1) is 11.3 Å². The molecular weight excluding hydrogens is 306 g/mol. The van der Waals surface area contributed by atoms with E-state index in [-0.39, 0.29) is 17.4 Å². The fourth-order valence-electron chi connectivity index (χ4n) is 2.63. The molecule has 0 amide bonds. The molecular formula is C14H25N3O2S2. The number of sulfone groups is 1.